The minimum Gasteiger partial charge on any atom is -0.481 e. The molecule has 0 bridgehead atoms. The number of aliphatic carboxylic acids is 1. The summed E-state index contributed by atoms with van der Waals surface area (Å²) in [4.78, 5) is 22.3. The molecule has 15 heavy (non-hydrogen) atoms. The van der Waals surface area contributed by atoms with Gasteiger partial charge in [-0.1, -0.05) is 26.8 Å². The normalized spacial score (nSPS) is 29.1. The van der Waals surface area contributed by atoms with E-state index in [4.69, 9.17) is 5.11 Å². The van der Waals surface area contributed by atoms with Crippen molar-refractivity contribution in [1.29, 1.82) is 0 Å². The number of hydrogen-bond acceptors (Lipinski definition) is 2. The zero-order valence-electron chi connectivity index (χ0n) is 9.54. The van der Waals surface area contributed by atoms with E-state index in [1.807, 2.05) is 13.0 Å². The SMILES string of the molecule is CC1(C)C=CC(=O)C(C)(CCC(=O)O)C1. The van der Waals surface area contributed by atoms with Crippen LogP contribution in [0, 0.1) is 10.8 Å². The highest BCUT2D eigenvalue weighted by Gasteiger charge is 2.39. The first-order chi connectivity index (χ1) is 6.75. The first-order valence-corrected chi connectivity index (χ1v) is 5.21. The minimum atomic E-state index is -0.837. The van der Waals surface area contributed by atoms with Gasteiger partial charge >= 0.3 is 5.97 Å². The molecular formula is C12H18O3. The third-order valence-corrected chi connectivity index (χ3v) is 3.02. The molecule has 0 saturated carbocycles. The first-order valence-electron chi connectivity index (χ1n) is 5.21. The average Bonchev–Trinajstić information content (AvgIpc) is 2.09. The van der Waals surface area contributed by atoms with Crippen molar-refractivity contribution in [3.8, 4) is 0 Å². The van der Waals surface area contributed by atoms with E-state index in [0.29, 0.717) is 6.42 Å². The Labute approximate surface area is 90.2 Å². The van der Waals surface area contributed by atoms with Crippen LogP contribution in [0.15, 0.2) is 12.2 Å². The van der Waals surface area contributed by atoms with Gasteiger partial charge in [0.25, 0.3) is 0 Å². The van der Waals surface area contributed by atoms with Crippen LogP contribution in [-0.2, 0) is 9.59 Å². The summed E-state index contributed by atoms with van der Waals surface area (Å²) < 4.78 is 0. The fourth-order valence-electron chi connectivity index (χ4n) is 2.25. The van der Waals surface area contributed by atoms with E-state index in [2.05, 4.69) is 13.8 Å². The topological polar surface area (TPSA) is 54.4 Å². The molecule has 0 saturated heterocycles. The summed E-state index contributed by atoms with van der Waals surface area (Å²) in [6, 6.07) is 0. The number of carboxylic acid groups (broad SMARTS) is 1. The fourth-order valence-corrected chi connectivity index (χ4v) is 2.25. The smallest absolute Gasteiger partial charge is 0.303 e. The summed E-state index contributed by atoms with van der Waals surface area (Å²) in [6.45, 7) is 5.99. The lowest BCUT2D eigenvalue weighted by Crippen LogP contribution is -2.35. The molecule has 1 aliphatic rings. The number of ketones is 1. The summed E-state index contributed by atoms with van der Waals surface area (Å²) in [5.74, 6) is -0.778. The molecule has 1 N–H and O–H groups in total. The summed E-state index contributed by atoms with van der Waals surface area (Å²) >= 11 is 0. The van der Waals surface area contributed by atoms with Gasteiger partial charge in [-0.25, -0.2) is 0 Å². The largest absolute Gasteiger partial charge is 0.481 e. The Balaban J connectivity index is 2.79. The van der Waals surface area contributed by atoms with E-state index >= 15 is 0 Å². The molecule has 1 unspecified atom stereocenters. The van der Waals surface area contributed by atoms with Crippen LogP contribution in [-0.4, -0.2) is 16.9 Å². The molecule has 0 radical (unpaired) electrons. The molecule has 0 aromatic carbocycles. The molecule has 1 aliphatic carbocycles. The van der Waals surface area contributed by atoms with Crippen molar-refractivity contribution in [3.05, 3.63) is 12.2 Å². The average molecular weight is 210 g/mol. The highest BCUT2D eigenvalue weighted by atomic mass is 16.4. The van der Waals surface area contributed by atoms with Crippen molar-refractivity contribution in [2.75, 3.05) is 0 Å². The van der Waals surface area contributed by atoms with Crippen LogP contribution in [0.3, 0.4) is 0 Å². The Kier molecular flexibility index (Phi) is 3.03. The quantitative estimate of drug-likeness (QED) is 0.778. The summed E-state index contributed by atoms with van der Waals surface area (Å²) in [5, 5.41) is 8.65. The molecule has 0 aromatic heterocycles. The van der Waals surface area contributed by atoms with Gasteiger partial charge in [0.2, 0.25) is 0 Å². The molecule has 0 heterocycles. The van der Waals surface area contributed by atoms with Gasteiger partial charge in [0, 0.05) is 11.8 Å². The van der Waals surface area contributed by atoms with Gasteiger partial charge in [-0.3, -0.25) is 9.59 Å². The predicted molar refractivity (Wildman–Crippen MR) is 57.5 cm³/mol. The van der Waals surface area contributed by atoms with E-state index in [1.165, 1.54) is 0 Å². The molecule has 3 nitrogen and oxygen atoms in total. The number of rotatable bonds is 3. The second-order valence-corrected chi connectivity index (χ2v) is 5.32. The van der Waals surface area contributed by atoms with Crippen molar-refractivity contribution in [2.45, 2.75) is 40.0 Å². The Morgan fingerprint density at radius 3 is 2.60 bits per heavy atom. The van der Waals surface area contributed by atoms with Crippen molar-refractivity contribution in [1.82, 2.24) is 0 Å². The zero-order chi connectivity index (χ0) is 11.7. The van der Waals surface area contributed by atoms with Crippen LogP contribution in [0.2, 0.25) is 0 Å². The first kappa shape index (κ1) is 12.0. The van der Waals surface area contributed by atoms with Crippen LogP contribution in [0.5, 0.6) is 0 Å². The van der Waals surface area contributed by atoms with E-state index in [1.54, 1.807) is 6.08 Å². The van der Waals surface area contributed by atoms with Gasteiger partial charge in [-0.2, -0.15) is 0 Å². The molecular weight excluding hydrogens is 192 g/mol. The predicted octanol–water partition coefficient (Wildman–Crippen LogP) is 2.41. The van der Waals surface area contributed by atoms with Gasteiger partial charge < -0.3 is 5.11 Å². The Bertz CT molecular complexity index is 315. The Morgan fingerprint density at radius 1 is 1.47 bits per heavy atom. The second kappa shape index (κ2) is 3.80. The maximum Gasteiger partial charge on any atom is 0.303 e. The third kappa shape index (κ3) is 2.91. The molecule has 0 aliphatic heterocycles. The van der Waals surface area contributed by atoms with Crippen molar-refractivity contribution < 1.29 is 14.7 Å². The lowest BCUT2D eigenvalue weighted by Gasteiger charge is -2.37. The second-order valence-electron chi connectivity index (χ2n) is 5.32. The van der Waals surface area contributed by atoms with Gasteiger partial charge in [0.1, 0.15) is 0 Å². The standard InChI is InChI=1S/C12H18O3/c1-11(2)6-4-9(13)12(3,8-11)7-5-10(14)15/h4,6H,5,7-8H2,1-3H3,(H,14,15). The van der Waals surface area contributed by atoms with Crippen LogP contribution in [0.1, 0.15) is 40.0 Å². The Morgan fingerprint density at radius 2 is 2.07 bits per heavy atom. The fraction of sp³-hybridized carbons (Fsp3) is 0.667. The van der Waals surface area contributed by atoms with E-state index in [0.717, 1.165) is 6.42 Å². The minimum absolute atomic E-state index is 0.0127. The van der Waals surface area contributed by atoms with Crippen molar-refractivity contribution in [2.24, 2.45) is 10.8 Å². The van der Waals surface area contributed by atoms with Gasteiger partial charge in [0.05, 0.1) is 0 Å². The molecule has 3 heteroatoms. The van der Waals surface area contributed by atoms with Gasteiger partial charge in [0.15, 0.2) is 5.78 Å². The molecule has 1 atom stereocenters. The van der Waals surface area contributed by atoms with Gasteiger partial charge in [-0.15, -0.1) is 0 Å². The van der Waals surface area contributed by atoms with Crippen LogP contribution >= 0.6 is 0 Å². The summed E-state index contributed by atoms with van der Waals surface area (Å²) in [5.41, 5.74) is -0.516. The maximum atomic E-state index is 11.7. The highest BCUT2D eigenvalue weighted by molar-refractivity contribution is 5.95. The molecule has 1 rings (SSSR count). The third-order valence-electron chi connectivity index (χ3n) is 3.02. The van der Waals surface area contributed by atoms with Crippen molar-refractivity contribution in [3.63, 3.8) is 0 Å². The van der Waals surface area contributed by atoms with Crippen LogP contribution in [0.25, 0.3) is 0 Å². The maximum absolute atomic E-state index is 11.7. The number of hydrogen-bond donors (Lipinski definition) is 1. The summed E-state index contributed by atoms with van der Waals surface area (Å²) in [6.07, 6.45) is 4.73. The highest BCUT2D eigenvalue weighted by Crippen LogP contribution is 2.42. The summed E-state index contributed by atoms with van der Waals surface area (Å²) in [7, 11) is 0. The zero-order valence-corrected chi connectivity index (χ0v) is 9.54. The van der Waals surface area contributed by atoms with E-state index in [-0.39, 0.29) is 17.6 Å². The van der Waals surface area contributed by atoms with E-state index < -0.39 is 11.4 Å². The number of carbonyl (C=O) groups is 2. The van der Waals surface area contributed by atoms with Crippen molar-refractivity contribution >= 4 is 11.8 Å². The monoisotopic (exact) mass is 210 g/mol. The Hall–Kier alpha value is -1.12. The molecule has 84 valence electrons. The number of carbonyl (C=O) groups excluding carboxylic acids is 1. The number of allylic oxidation sites excluding steroid dienone is 2. The molecule has 0 fully saturated rings. The van der Waals surface area contributed by atoms with Crippen LogP contribution < -0.4 is 0 Å². The van der Waals surface area contributed by atoms with Gasteiger partial charge in [-0.05, 0) is 24.3 Å². The van der Waals surface area contributed by atoms with Crippen LogP contribution in [0.4, 0.5) is 0 Å². The lowest BCUT2D eigenvalue weighted by molar-refractivity contribution is -0.138. The van der Waals surface area contributed by atoms with E-state index in [9.17, 15) is 9.59 Å². The molecule has 0 spiro atoms. The molecule has 0 aromatic rings. The number of carboxylic acids is 1. The molecule has 0 amide bonds. The lowest BCUT2D eigenvalue weighted by atomic mass is 9.65.